The number of nitrogens with zero attached hydrogens (tertiary/aromatic N) is 1. The van der Waals surface area contributed by atoms with Crippen LogP contribution in [0.5, 0.6) is 0 Å². The molecule has 2 heterocycles. The van der Waals surface area contributed by atoms with Gasteiger partial charge in [0.1, 0.15) is 0 Å². The standard InChI is InChI=1S/C7H13NO/c1-7(9)5-8-3-2-6(7)4-8/h6,9H,2-5H2,1H3. The quantitative estimate of drug-likeness (QED) is 0.498. The monoisotopic (exact) mass is 127 g/mol. The minimum atomic E-state index is -0.363. The summed E-state index contributed by atoms with van der Waals surface area (Å²) in [5.41, 5.74) is -0.363. The molecule has 9 heavy (non-hydrogen) atoms. The highest BCUT2D eigenvalue weighted by molar-refractivity contribution is 4.98. The first-order valence-corrected chi connectivity index (χ1v) is 3.63. The Bertz CT molecular complexity index is 133. The summed E-state index contributed by atoms with van der Waals surface area (Å²) >= 11 is 0. The zero-order chi connectivity index (χ0) is 6.48. The van der Waals surface area contributed by atoms with Crippen molar-refractivity contribution in [3.63, 3.8) is 0 Å². The average Bonchev–Trinajstić information content (AvgIpc) is 2.19. The molecule has 2 saturated heterocycles. The summed E-state index contributed by atoms with van der Waals surface area (Å²) in [5.74, 6) is 0.567. The summed E-state index contributed by atoms with van der Waals surface area (Å²) in [6.07, 6.45) is 1.20. The van der Waals surface area contributed by atoms with Gasteiger partial charge in [0, 0.05) is 19.0 Å². The number of aliphatic hydroxyl groups is 1. The molecule has 2 nitrogen and oxygen atoms in total. The summed E-state index contributed by atoms with van der Waals surface area (Å²) < 4.78 is 0. The molecule has 0 aromatic rings. The molecule has 0 saturated carbocycles. The van der Waals surface area contributed by atoms with Gasteiger partial charge in [0.2, 0.25) is 0 Å². The van der Waals surface area contributed by atoms with Gasteiger partial charge in [-0.1, -0.05) is 0 Å². The Kier molecular flexibility index (Phi) is 0.945. The molecule has 0 aromatic carbocycles. The highest BCUT2D eigenvalue weighted by Gasteiger charge is 2.45. The van der Waals surface area contributed by atoms with Gasteiger partial charge < -0.3 is 10.0 Å². The van der Waals surface area contributed by atoms with Gasteiger partial charge in [-0.2, -0.15) is 0 Å². The van der Waals surface area contributed by atoms with Crippen LogP contribution in [-0.2, 0) is 0 Å². The molecule has 2 heteroatoms. The van der Waals surface area contributed by atoms with E-state index in [1.165, 1.54) is 13.0 Å². The van der Waals surface area contributed by atoms with Crippen molar-refractivity contribution >= 4 is 0 Å². The zero-order valence-corrected chi connectivity index (χ0v) is 5.80. The molecule has 2 bridgehead atoms. The predicted molar refractivity (Wildman–Crippen MR) is 35.2 cm³/mol. The lowest BCUT2D eigenvalue weighted by Gasteiger charge is -2.27. The third-order valence-corrected chi connectivity index (χ3v) is 2.70. The van der Waals surface area contributed by atoms with Gasteiger partial charge in [-0.3, -0.25) is 0 Å². The molecule has 0 amide bonds. The molecule has 52 valence electrons. The van der Waals surface area contributed by atoms with Crippen molar-refractivity contribution in [1.82, 2.24) is 4.90 Å². The van der Waals surface area contributed by atoms with Gasteiger partial charge in [-0.25, -0.2) is 0 Å². The van der Waals surface area contributed by atoms with Crippen molar-refractivity contribution in [2.75, 3.05) is 19.6 Å². The van der Waals surface area contributed by atoms with Crippen LogP contribution in [0.25, 0.3) is 0 Å². The molecule has 1 N–H and O–H groups in total. The normalized spacial score (nSPS) is 56.7. The first-order valence-electron chi connectivity index (χ1n) is 3.63. The van der Waals surface area contributed by atoms with Crippen LogP contribution in [0.2, 0.25) is 0 Å². The fraction of sp³-hybridized carbons (Fsp3) is 1.00. The maximum atomic E-state index is 9.64. The van der Waals surface area contributed by atoms with Gasteiger partial charge in [0.15, 0.2) is 0 Å². The van der Waals surface area contributed by atoms with Crippen molar-refractivity contribution in [3.8, 4) is 0 Å². The Labute approximate surface area is 55.5 Å². The Morgan fingerprint density at radius 1 is 1.67 bits per heavy atom. The van der Waals surface area contributed by atoms with Gasteiger partial charge in [-0.05, 0) is 19.9 Å². The Morgan fingerprint density at radius 3 is 2.67 bits per heavy atom. The van der Waals surface area contributed by atoms with Crippen molar-refractivity contribution in [2.24, 2.45) is 5.92 Å². The van der Waals surface area contributed by atoms with Gasteiger partial charge in [0.05, 0.1) is 5.60 Å². The second-order valence-corrected chi connectivity index (χ2v) is 3.58. The van der Waals surface area contributed by atoms with Crippen LogP contribution < -0.4 is 0 Å². The molecule has 0 aromatic heterocycles. The lowest BCUT2D eigenvalue weighted by molar-refractivity contribution is 0.0129. The second kappa shape index (κ2) is 1.50. The number of hydrogen-bond acceptors (Lipinski definition) is 2. The Balaban J connectivity index is 2.18. The van der Waals surface area contributed by atoms with Crippen molar-refractivity contribution in [1.29, 1.82) is 0 Å². The summed E-state index contributed by atoms with van der Waals surface area (Å²) in [6.45, 7) is 5.20. The molecule has 2 fully saturated rings. The summed E-state index contributed by atoms with van der Waals surface area (Å²) in [6, 6.07) is 0. The van der Waals surface area contributed by atoms with E-state index in [0.29, 0.717) is 5.92 Å². The van der Waals surface area contributed by atoms with Crippen molar-refractivity contribution < 1.29 is 5.11 Å². The molecule has 3 atom stereocenters. The maximum absolute atomic E-state index is 9.64. The predicted octanol–water partition coefficient (Wildman–Crippen LogP) is 0.0729. The van der Waals surface area contributed by atoms with Crippen LogP contribution in [0.15, 0.2) is 0 Å². The third-order valence-electron chi connectivity index (χ3n) is 2.70. The Hall–Kier alpha value is -0.0800. The van der Waals surface area contributed by atoms with E-state index in [4.69, 9.17) is 0 Å². The second-order valence-electron chi connectivity index (χ2n) is 3.58. The molecular weight excluding hydrogens is 114 g/mol. The first kappa shape index (κ1) is 5.69. The average molecular weight is 127 g/mol. The smallest absolute Gasteiger partial charge is 0.0786 e. The summed E-state index contributed by atoms with van der Waals surface area (Å²) in [5, 5.41) is 9.64. The molecule has 0 radical (unpaired) electrons. The molecule has 2 rings (SSSR count). The maximum Gasteiger partial charge on any atom is 0.0786 e. The molecule has 3 unspecified atom stereocenters. The van der Waals surface area contributed by atoms with E-state index in [1.807, 2.05) is 6.92 Å². The fourth-order valence-electron chi connectivity index (χ4n) is 2.07. The summed E-state index contributed by atoms with van der Waals surface area (Å²) in [4.78, 5) is 2.34. The van der Waals surface area contributed by atoms with E-state index in [2.05, 4.69) is 4.90 Å². The van der Waals surface area contributed by atoms with Crippen LogP contribution in [0.3, 0.4) is 0 Å². The summed E-state index contributed by atoms with van der Waals surface area (Å²) in [7, 11) is 0. The van der Waals surface area contributed by atoms with Crippen LogP contribution >= 0.6 is 0 Å². The van der Waals surface area contributed by atoms with E-state index < -0.39 is 0 Å². The largest absolute Gasteiger partial charge is 0.389 e. The molecule has 0 spiro atoms. The number of fused-ring (bicyclic) bond motifs is 2. The van der Waals surface area contributed by atoms with Crippen LogP contribution in [0, 0.1) is 5.92 Å². The minimum Gasteiger partial charge on any atom is -0.389 e. The van der Waals surface area contributed by atoms with E-state index in [9.17, 15) is 5.11 Å². The van der Waals surface area contributed by atoms with Crippen LogP contribution in [0.4, 0.5) is 0 Å². The highest BCUT2D eigenvalue weighted by atomic mass is 16.3. The molecule has 2 aliphatic heterocycles. The lowest BCUT2D eigenvalue weighted by Crippen LogP contribution is -2.38. The highest BCUT2D eigenvalue weighted by Crippen LogP contribution is 2.35. The van der Waals surface area contributed by atoms with Gasteiger partial charge >= 0.3 is 0 Å². The van der Waals surface area contributed by atoms with E-state index in [-0.39, 0.29) is 5.60 Å². The number of hydrogen-bond donors (Lipinski definition) is 1. The van der Waals surface area contributed by atoms with Crippen LogP contribution in [-0.4, -0.2) is 35.2 Å². The van der Waals surface area contributed by atoms with Crippen molar-refractivity contribution in [3.05, 3.63) is 0 Å². The number of rotatable bonds is 0. The van der Waals surface area contributed by atoms with Gasteiger partial charge in [-0.15, -0.1) is 0 Å². The van der Waals surface area contributed by atoms with E-state index >= 15 is 0 Å². The van der Waals surface area contributed by atoms with Gasteiger partial charge in [0.25, 0.3) is 0 Å². The third kappa shape index (κ3) is 0.700. The van der Waals surface area contributed by atoms with Crippen molar-refractivity contribution in [2.45, 2.75) is 18.9 Å². The SMILES string of the molecule is CC1(O)CN2CCC1C2. The van der Waals surface area contributed by atoms with E-state index in [1.54, 1.807) is 0 Å². The topological polar surface area (TPSA) is 23.5 Å². The Morgan fingerprint density at radius 2 is 2.44 bits per heavy atom. The molecular formula is C7H13NO. The lowest BCUT2D eigenvalue weighted by atomic mass is 9.90. The first-order chi connectivity index (χ1) is 4.18. The van der Waals surface area contributed by atoms with E-state index in [0.717, 1.165) is 13.1 Å². The fourth-order valence-corrected chi connectivity index (χ4v) is 2.07. The zero-order valence-electron chi connectivity index (χ0n) is 5.80. The molecule has 0 aliphatic carbocycles. The van der Waals surface area contributed by atoms with Crippen LogP contribution in [0.1, 0.15) is 13.3 Å². The number of piperidine rings is 1. The molecule has 2 aliphatic rings. The minimum absolute atomic E-state index is 0.363.